The predicted molar refractivity (Wildman–Crippen MR) is 75.9 cm³/mol. The summed E-state index contributed by atoms with van der Waals surface area (Å²) in [6.45, 7) is 8.57. The van der Waals surface area contributed by atoms with Crippen LogP contribution in [0.1, 0.15) is 26.3 Å². The van der Waals surface area contributed by atoms with Gasteiger partial charge in [-0.2, -0.15) is 0 Å². The first-order chi connectivity index (χ1) is 9.15. The Morgan fingerprint density at radius 2 is 2.21 bits per heavy atom. The maximum Gasteiger partial charge on any atom is 0.170 e. The number of nitrogens with zero attached hydrogens (tertiary/aromatic N) is 2. The molecule has 0 aliphatic rings. The van der Waals surface area contributed by atoms with E-state index in [0.29, 0.717) is 31.1 Å². The van der Waals surface area contributed by atoms with Gasteiger partial charge in [0.2, 0.25) is 0 Å². The molecule has 0 saturated heterocycles. The highest BCUT2D eigenvalue weighted by molar-refractivity contribution is 5.44. The molecule has 0 bridgehead atoms. The highest BCUT2D eigenvalue weighted by atomic mass is 19.1. The number of aromatic nitrogens is 1. The number of hydrogen-bond acceptors (Lipinski definition) is 4. The third-order valence-corrected chi connectivity index (χ3v) is 3.07. The van der Waals surface area contributed by atoms with Crippen molar-refractivity contribution >= 4 is 5.82 Å². The first-order valence-electron chi connectivity index (χ1n) is 6.75. The molecule has 0 saturated carbocycles. The van der Waals surface area contributed by atoms with Gasteiger partial charge in [-0.25, -0.2) is 9.37 Å². The molecule has 5 heteroatoms. The zero-order chi connectivity index (χ0) is 14.3. The first-order valence-corrected chi connectivity index (χ1v) is 6.75. The van der Waals surface area contributed by atoms with E-state index in [-0.39, 0.29) is 11.9 Å². The van der Waals surface area contributed by atoms with Crippen LogP contribution in [0, 0.1) is 5.82 Å². The van der Waals surface area contributed by atoms with E-state index in [0.717, 1.165) is 6.54 Å². The molecule has 0 spiro atoms. The molecule has 19 heavy (non-hydrogen) atoms. The topological polar surface area (TPSA) is 37.4 Å². The fourth-order valence-corrected chi connectivity index (χ4v) is 2.07. The Morgan fingerprint density at radius 1 is 1.47 bits per heavy atom. The van der Waals surface area contributed by atoms with Gasteiger partial charge in [-0.1, -0.05) is 6.92 Å². The van der Waals surface area contributed by atoms with Gasteiger partial charge in [0.25, 0.3) is 0 Å². The number of halogens is 1. The van der Waals surface area contributed by atoms with E-state index in [2.05, 4.69) is 10.3 Å². The summed E-state index contributed by atoms with van der Waals surface area (Å²) < 4.78 is 19.6. The molecule has 0 aliphatic heterocycles. The molecule has 4 nitrogen and oxygen atoms in total. The minimum absolute atomic E-state index is 0.0892. The van der Waals surface area contributed by atoms with Crippen molar-refractivity contribution in [1.82, 2.24) is 10.3 Å². The second-order valence-electron chi connectivity index (χ2n) is 4.48. The predicted octanol–water partition coefficient (Wildman–Crippen LogP) is 2.19. The zero-order valence-corrected chi connectivity index (χ0v) is 12.2. The van der Waals surface area contributed by atoms with Crippen LogP contribution in [-0.4, -0.2) is 37.8 Å². The zero-order valence-electron chi connectivity index (χ0n) is 12.2. The number of rotatable bonds is 8. The molecule has 1 rings (SSSR count). The Morgan fingerprint density at radius 3 is 2.79 bits per heavy atom. The van der Waals surface area contributed by atoms with Crippen LogP contribution in [0.15, 0.2) is 12.3 Å². The van der Waals surface area contributed by atoms with Crippen molar-refractivity contribution in [2.24, 2.45) is 0 Å². The highest BCUT2D eigenvalue weighted by Gasteiger charge is 2.19. The smallest absolute Gasteiger partial charge is 0.170 e. The second-order valence-corrected chi connectivity index (χ2v) is 4.48. The monoisotopic (exact) mass is 269 g/mol. The molecule has 0 radical (unpaired) electrons. The second kappa shape index (κ2) is 8.07. The third kappa shape index (κ3) is 4.14. The van der Waals surface area contributed by atoms with Crippen LogP contribution in [0.2, 0.25) is 0 Å². The van der Waals surface area contributed by atoms with Gasteiger partial charge in [0, 0.05) is 32.0 Å². The van der Waals surface area contributed by atoms with E-state index in [1.54, 1.807) is 19.4 Å². The Labute approximate surface area is 115 Å². The summed E-state index contributed by atoms with van der Waals surface area (Å²) in [4.78, 5) is 6.11. The SMILES string of the molecule is CCNCc1ccnc(N(CC)C(C)COC)c1F. The van der Waals surface area contributed by atoms with Crippen molar-refractivity contribution < 1.29 is 9.13 Å². The van der Waals surface area contributed by atoms with E-state index < -0.39 is 0 Å². The van der Waals surface area contributed by atoms with Gasteiger partial charge in [0.15, 0.2) is 11.6 Å². The number of likely N-dealkylation sites (N-methyl/N-ethyl adjacent to an activating group) is 1. The molecule has 0 aliphatic carbocycles. The minimum Gasteiger partial charge on any atom is -0.383 e. The molecule has 1 heterocycles. The van der Waals surface area contributed by atoms with Gasteiger partial charge in [-0.05, 0) is 26.5 Å². The molecule has 1 aromatic rings. The number of hydrogen-bond donors (Lipinski definition) is 1. The molecule has 1 atom stereocenters. The molecule has 1 unspecified atom stereocenters. The normalized spacial score (nSPS) is 12.5. The number of nitrogens with one attached hydrogen (secondary N) is 1. The average molecular weight is 269 g/mol. The maximum absolute atomic E-state index is 14.4. The fraction of sp³-hybridized carbons (Fsp3) is 0.643. The van der Waals surface area contributed by atoms with Crippen LogP contribution in [0.3, 0.4) is 0 Å². The van der Waals surface area contributed by atoms with Gasteiger partial charge in [-0.15, -0.1) is 0 Å². The molecule has 0 aromatic carbocycles. The van der Waals surface area contributed by atoms with E-state index in [9.17, 15) is 4.39 Å². The summed E-state index contributed by atoms with van der Waals surface area (Å²) in [5.41, 5.74) is 0.648. The van der Waals surface area contributed by atoms with Crippen molar-refractivity contribution in [3.63, 3.8) is 0 Å². The molecular formula is C14H24FN3O. The summed E-state index contributed by atoms with van der Waals surface area (Å²) in [5.74, 6) is 0.163. The molecule has 0 amide bonds. The number of anilines is 1. The Kier molecular flexibility index (Phi) is 6.73. The van der Waals surface area contributed by atoms with Crippen LogP contribution in [0.4, 0.5) is 10.2 Å². The summed E-state index contributed by atoms with van der Waals surface area (Å²) in [7, 11) is 1.65. The largest absolute Gasteiger partial charge is 0.383 e. The lowest BCUT2D eigenvalue weighted by molar-refractivity contribution is 0.181. The maximum atomic E-state index is 14.4. The van der Waals surface area contributed by atoms with Crippen LogP contribution >= 0.6 is 0 Å². The lowest BCUT2D eigenvalue weighted by Crippen LogP contribution is -2.37. The van der Waals surface area contributed by atoms with Crippen LogP contribution in [0.25, 0.3) is 0 Å². The summed E-state index contributed by atoms with van der Waals surface area (Å²) in [6, 6.07) is 1.81. The summed E-state index contributed by atoms with van der Waals surface area (Å²) >= 11 is 0. The van der Waals surface area contributed by atoms with Crippen LogP contribution in [-0.2, 0) is 11.3 Å². The van der Waals surface area contributed by atoms with E-state index >= 15 is 0 Å². The fourth-order valence-electron chi connectivity index (χ4n) is 2.07. The number of methoxy groups -OCH3 is 1. The van der Waals surface area contributed by atoms with E-state index in [4.69, 9.17) is 4.74 Å². The van der Waals surface area contributed by atoms with Gasteiger partial charge >= 0.3 is 0 Å². The summed E-state index contributed by atoms with van der Waals surface area (Å²) in [5, 5.41) is 3.13. The minimum atomic E-state index is -0.242. The van der Waals surface area contributed by atoms with Crippen molar-refractivity contribution in [2.45, 2.75) is 33.4 Å². The first kappa shape index (κ1) is 15.9. The standard InChI is InChI=1S/C14H24FN3O/c1-5-16-9-12-7-8-17-14(13(12)15)18(6-2)11(3)10-19-4/h7-8,11,16H,5-6,9-10H2,1-4H3. The van der Waals surface area contributed by atoms with Gasteiger partial charge < -0.3 is 15.0 Å². The van der Waals surface area contributed by atoms with Gasteiger partial charge in [0.1, 0.15) is 0 Å². The molecule has 1 aromatic heterocycles. The third-order valence-electron chi connectivity index (χ3n) is 3.07. The molecule has 1 N–H and O–H groups in total. The molecular weight excluding hydrogens is 245 g/mol. The Bertz CT molecular complexity index is 387. The number of pyridine rings is 1. The van der Waals surface area contributed by atoms with E-state index in [1.807, 2.05) is 25.7 Å². The van der Waals surface area contributed by atoms with Crippen molar-refractivity contribution in [2.75, 3.05) is 31.7 Å². The number of ether oxygens (including phenoxy) is 1. The van der Waals surface area contributed by atoms with Crippen LogP contribution in [0.5, 0.6) is 0 Å². The lowest BCUT2D eigenvalue weighted by atomic mass is 10.2. The molecule has 108 valence electrons. The Hall–Kier alpha value is -1.20. The van der Waals surface area contributed by atoms with E-state index in [1.165, 1.54) is 0 Å². The highest BCUT2D eigenvalue weighted by Crippen LogP contribution is 2.21. The van der Waals surface area contributed by atoms with Crippen molar-refractivity contribution in [1.29, 1.82) is 0 Å². The molecule has 0 fully saturated rings. The quantitative estimate of drug-likeness (QED) is 0.785. The Balaban J connectivity index is 2.97. The van der Waals surface area contributed by atoms with Crippen molar-refractivity contribution in [3.05, 3.63) is 23.6 Å². The summed E-state index contributed by atoms with van der Waals surface area (Å²) in [6.07, 6.45) is 1.66. The van der Waals surface area contributed by atoms with Gasteiger partial charge in [-0.3, -0.25) is 0 Å². The average Bonchev–Trinajstić information content (AvgIpc) is 2.40. The van der Waals surface area contributed by atoms with Gasteiger partial charge in [0.05, 0.1) is 12.6 Å². The van der Waals surface area contributed by atoms with Crippen LogP contribution < -0.4 is 10.2 Å². The lowest BCUT2D eigenvalue weighted by Gasteiger charge is -2.29. The van der Waals surface area contributed by atoms with Crippen molar-refractivity contribution in [3.8, 4) is 0 Å².